The number of rotatable bonds is 11. The van der Waals surface area contributed by atoms with E-state index in [4.69, 9.17) is 5.73 Å². The molecule has 37 heavy (non-hydrogen) atoms. The number of anilines is 2. The molecule has 200 valence electrons. The van der Waals surface area contributed by atoms with E-state index < -0.39 is 0 Å². The Hall–Kier alpha value is -3.87. The van der Waals surface area contributed by atoms with Crippen LogP contribution in [0.4, 0.5) is 11.4 Å². The van der Waals surface area contributed by atoms with Gasteiger partial charge in [0.15, 0.2) is 5.70 Å². The quantitative estimate of drug-likeness (QED) is 0.268. The molecule has 0 radical (unpaired) electrons. The van der Waals surface area contributed by atoms with Gasteiger partial charge in [-0.2, -0.15) is 5.26 Å². The minimum absolute atomic E-state index is 0.0120. The van der Waals surface area contributed by atoms with Gasteiger partial charge in [0.05, 0.1) is 5.70 Å². The number of nitrogens with one attached hydrogen (secondary N) is 1. The van der Waals surface area contributed by atoms with Crippen LogP contribution in [0.2, 0.25) is 0 Å². The maximum Gasteiger partial charge on any atom is 0.163 e. The van der Waals surface area contributed by atoms with Crippen molar-refractivity contribution in [3.63, 3.8) is 0 Å². The number of hydrogen-bond acceptors (Lipinski definition) is 9. The Morgan fingerprint density at radius 3 is 1.59 bits per heavy atom. The maximum atomic E-state index is 10.4. The van der Waals surface area contributed by atoms with Gasteiger partial charge in [-0.05, 0) is 66.1 Å². The van der Waals surface area contributed by atoms with E-state index in [-0.39, 0.29) is 29.4 Å². The molecule has 2 rings (SSSR count). The van der Waals surface area contributed by atoms with Gasteiger partial charge in [0, 0.05) is 79.8 Å². The van der Waals surface area contributed by atoms with Gasteiger partial charge in [-0.25, -0.2) is 4.99 Å². The molecule has 0 fully saturated rings. The highest BCUT2D eigenvalue weighted by atomic mass is 16.3. The zero-order valence-electron chi connectivity index (χ0n) is 22.9. The smallest absolute Gasteiger partial charge is 0.163 e. The Morgan fingerprint density at radius 1 is 0.865 bits per heavy atom. The Balaban J connectivity index is 0.00000217. The predicted molar refractivity (Wildman–Crippen MR) is 155 cm³/mol. The molecule has 0 heterocycles. The van der Waals surface area contributed by atoms with Crippen molar-refractivity contribution in [1.29, 1.82) is 5.26 Å². The van der Waals surface area contributed by atoms with Crippen molar-refractivity contribution in [1.82, 2.24) is 5.32 Å². The highest BCUT2D eigenvalue weighted by Gasteiger charge is 2.09. The molecule has 0 amide bonds. The molecular weight excluding hydrogens is 466 g/mol. The molecule has 0 saturated heterocycles. The van der Waals surface area contributed by atoms with Gasteiger partial charge in [-0.15, -0.1) is 0 Å². The molecule has 0 spiro atoms. The second-order valence-corrected chi connectivity index (χ2v) is 7.96. The Morgan fingerprint density at radius 2 is 1.27 bits per heavy atom. The second-order valence-electron chi connectivity index (χ2n) is 7.96. The summed E-state index contributed by atoms with van der Waals surface area (Å²) in [6, 6.07) is 12.7. The maximum absolute atomic E-state index is 10.4. The number of phenols is 2. The van der Waals surface area contributed by atoms with Crippen molar-refractivity contribution in [2.75, 3.05) is 56.6 Å². The van der Waals surface area contributed by atoms with Crippen molar-refractivity contribution in [3.8, 4) is 17.6 Å². The summed E-state index contributed by atoms with van der Waals surface area (Å²) in [6.07, 6.45) is 2.88. The zero-order chi connectivity index (χ0) is 27.8. The summed E-state index contributed by atoms with van der Waals surface area (Å²) < 4.78 is 0. The summed E-state index contributed by atoms with van der Waals surface area (Å²) in [4.78, 5) is 12.8. The van der Waals surface area contributed by atoms with E-state index >= 15 is 0 Å². The summed E-state index contributed by atoms with van der Waals surface area (Å²) in [5.74, 6) is 0.159. The minimum Gasteiger partial charge on any atom is -0.507 e. The van der Waals surface area contributed by atoms with E-state index in [1.165, 1.54) is 12.4 Å². The van der Waals surface area contributed by atoms with E-state index in [2.05, 4.69) is 38.9 Å². The van der Waals surface area contributed by atoms with Gasteiger partial charge in [0.25, 0.3) is 0 Å². The number of aromatic hydroxyl groups is 2. The molecule has 0 aromatic heterocycles. The zero-order valence-corrected chi connectivity index (χ0v) is 22.9. The molecule has 2 aromatic rings. The lowest BCUT2D eigenvalue weighted by atomic mass is 10.1. The van der Waals surface area contributed by atoms with Crippen LogP contribution in [-0.4, -0.2) is 69.5 Å². The first-order valence-corrected chi connectivity index (χ1v) is 12.5. The lowest BCUT2D eigenvalue weighted by Crippen LogP contribution is -2.21. The molecular formula is C28H41N7O2. The van der Waals surface area contributed by atoms with Crippen molar-refractivity contribution in [3.05, 3.63) is 58.9 Å². The number of allylic oxidation sites excluding steroid dienone is 1. The van der Waals surface area contributed by atoms with Crippen LogP contribution in [0, 0.1) is 11.3 Å². The normalized spacial score (nSPS) is 11.6. The Labute approximate surface area is 221 Å². The highest BCUT2D eigenvalue weighted by molar-refractivity contribution is 5.86. The first-order chi connectivity index (χ1) is 17.8. The molecule has 0 unspecified atom stereocenters. The van der Waals surface area contributed by atoms with Gasteiger partial charge >= 0.3 is 0 Å². The topological polar surface area (TPSA) is 134 Å². The molecule has 9 nitrogen and oxygen atoms in total. The molecule has 0 atom stereocenters. The monoisotopic (exact) mass is 507 g/mol. The number of benzene rings is 2. The first kappa shape index (κ1) is 31.2. The number of hydrogen-bond donors (Lipinski definition) is 4. The molecule has 0 saturated carbocycles. The average Bonchev–Trinajstić information content (AvgIpc) is 2.89. The Bertz CT molecular complexity index is 1110. The van der Waals surface area contributed by atoms with Crippen molar-refractivity contribution < 1.29 is 10.2 Å². The van der Waals surface area contributed by atoms with Crippen LogP contribution in [0.3, 0.4) is 0 Å². The first-order valence-electron chi connectivity index (χ1n) is 12.5. The van der Waals surface area contributed by atoms with E-state index in [1.807, 2.05) is 46.1 Å². The summed E-state index contributed by atoms with van der Waals surface area (Å²) in [5, 5.41) is 33.1. The summed E-state index contributed by atoms with van der Waals surface area (Å²) in [6.45, 7) is 11.5. The summed E-state index contributed by atoms with van der Waals surface area (Å²) in [7, 11) is 3.75. The summed E-state index contributed by atoms with van der Waals surface area (Å²) in [5.41, 5.74) is 8.93. The van der Waals surface area contributed by atoms with Gasteiger partial charge in [0.2, 0.25) is 0 Å². The fourth-order valence-corrected chi connectivity index (χ4v) is 3.51. The average molecular weight is 508 g/mol. The third kappa shape index (κ3) is 9.26. The van der Waals surface area contributed by atoms with Gasteiger partial charge in [-0.1, -0.05) is 0 Å². The second kappa shape index (κ2) is 16.7. The molecule has 0 bridgehead atoms. The third-order valence-electron chi connectivity index (χ3n) is 5.55. The van der Waals surface area contributed by atoms with Crippen molar-refractivity contribution in [2.45, 2.75) is 27.7 Å². The predicted octanol–water partition coefficient (Wildman–Crippen LogP) is 3.86. The van der Waals surface area contributed by atoms with Crippen LogP contribution in [-0.2, 0) is 0 Å². The van der Waals surface area contributed by atoms with Crippen LogP contribution in [0.25, 0.3) is 0 Å². The number of phenolic OH excluding ortho intramolecular Hbond substituents is 2. The standard InChI is InChI=1S/C26H34N6O2.C2H7N/c1-5-31(6-2)21-11-9-19(25(33)13-21)17-29-23(15-27)24(16-28)30-18-20-10-12-22(14-26(20)34)32(7-3)8-4;1-3-2/h9-14,17-18,33-34H,5-8,15,27H2,1-4H3;3H,1-2H3/b24-23-,29-17?,30-18?;. The molecule has 0 aliphatic carbocycles. The highest BCUT2D eigenvalue weighted by Crippen LogP contribution is 2.25. The SMILES string of the molecule is CCN(CC)c1ccc(C=N/C(C#N)=C(/CN)N=Cc2ccc(N(CC)CC)cc2O)c(O)c1.CNC. The number of nitrogens with zero attached hydrogens (tertiary/aromatic N) is 5. The van der Waals surface area contributed by atoms with Crippen LogP contribution in [0.5, 0.6) is 11.5 Å². The van der Waals surface area contributed by atoms with Crippen molar-refractivity contribution >= 4 is 23.8 Å². The molecule has 9 heteroatoms. The third-order valence-corrected chi connectivity index (χ3v) is 5.55. The number of aliphatic imine (C=N–C) groups is 2. The number of nitrogens with two attached hydrogens (primary N) is 1. The molecule has 2 aromatic carbocycles. The van der Waals surface area contributed by atoms with E-state index in [0.29, 0.717) is 11.1 Å². The molecule has 5 N–H and O–H groups in total. The van der Waals surface area contributed by atoms with Crippen molar-refractivity contribution in [2.24, 2.45) is 15.7 Å². The van der Waals surface area contributed by atoms with Gasteiger partial charge in [-0.3, -0.25) is 4.99 Å². The Kier molecular flexibility index (Phi) is 14.1. The minimum atomic E-state index is -0.0120. The van der Waals surface area contributed by atoms with Crippen LogP contribution in [0.15, 0.2) is 57.8 Å². The van der Waals surface area contributed by atoms with Gasteiger partial charge in [0.1, 0.15) is 17.6 Å². The van der Waals surface area contributed by atoms with E-state index in [1.54, 1.807) is 24.3 Å². The lowest BCUT2D eigenvalue weighted by Gasteiger charge is -2.21. The van der Waals surface area contributed by atoms with Crippen LogP contribution in [0.1, 0.15) is 38.8 Å². The molecule has 0 aliphatic rings. The van der Waals surface area contributed by atoms with Gasteiger partial charge < -0.3 is 31.1 Å². The van der Waals surface area contributed by atoms with E-state index in [0.717, 1.165) is 37.6 Å². The fraction of sp³-hybridized carbons (Fsp3) is 0.393. The number of nitriles is 1. The van der Waals surface area contributed by atoms with Crippen LogP contribution >= 0.6 is 0 Å². The fourth-order valence-electron chi connectivity index (χ4n) is 3.51. The summed E-state index contributed by atoms with van der Waals surface area (Å²) >= 11 is 0. The molecule has 0 aliphatic heterocycles. The largest absolute Gasteiger partial charge is 0.507 e. The van der Waals surface area contributed by atoms with E-state index in [9.17, 15) is 15.5 Å². The van der Waals surface area contributed by atoms with Crippen LogP contribution < -0.4 is 20.9 Å². The lowest BCUT2D eigenvalue weighted by molar-refractivity contribution is 0.474.